The van der Waals surface area contributed by atoms with E-state index in [9.17, 15) is 4.79 Å². The van der Waals surface area contributed by atoms with Crippen LogP contribution in [0.2, 0.25) is 10.0 Å². The Bertz CT molecular complexity index is 465. The molecule has 3 nitrogen and oxygen atoms in total. The predicted octanol–water partition coefficient (Wildman–Crippen LogP) is 2.64. The topological polar surface area (TPSA) is 33.5 Å². The first kappa shape index (κ1) is 15.6. The first-order valence-corrected chi connectivity index (χ1v) is 7.84. The van der Waals surface area contributed by atoms with Gasteiger partial charge in [-0.1, -0.05) is 36.2 Å². The van der Waals surface area contributed by atoms with Gasteiger partial charge in [-0.3, -0.25) is 4.79 Å². The highest BCUT2D eigenvalue weighted by molar-refractivity contribution is 6.39. The molecular weight excluding hydrogens is 295 g/mol. The Morgan fingerprint density at radius 1 is 1.30 bits per heavy atom. The Hall–Kier alpha value is -0.770. The molecule has 1 saturated heterocycles. The molecule has 1 aliphatic heterocycles. The maximum absolute atomic E-state index is 12.3. The van der Waals surface area contributed by atoms with Crippen molar-refractivity contribution >= 4 is 34.8 Å². The van der Waals surface area contributed by atoms with Crippen molar-refractivity contribution in [2.75, 3.05) is 18.4 Å². The molecule has 1 atom stereocenters. The summed E-state index contributed by atoms with van der Waals surface area (Å²) in [6, 6.07) is 5.13. The number of amides is 1. The molecule has 1 aliphatic rings. The van der Waals surface area contributed by atoms with E-state index in [0.29, 0.717) is 15.7 Å². The van der Waals surface area contributed by atoms with Crippen LogP contribution in [-0.4, -0.2) is 25.0 Å². The summed E-state index contributed by atoms with van der Waals surface area (Å²) in [7, 11) is 0. The lowest BCUT2D eigenvalue weighted by Crippen LogP contribution is -3.17. The van der Waals surface area contributed by atoms with Gasteiger partial charge in [0.2, 0.25) is 0 Å². The first-order chi connectivity index (χ1) is 9.49. The molecule has 1 fully saturated rings. The number of likely N-dealkylation sites (tertiary alicyclic amines) is 1. The van der Waals surface area contributed by atoms with Crippen LogP contribution >= 0.6 is 23.2 Å². The number of para-hydroxylation sites is 1. The number of benzene rings is 1. The van der Waals surface area contributed by atoms with Crippen LogP contribution in [0.25, 0.3) is 0 Å². The number of hydrogen-bond acceptors (Lipinski definition) is 1. The molecule has 1 aromatic carbocycles. The molecule has 1 heterocycles. The van der Waals surface area contributed by atoms with Gasteiger partial charge in [-0.25, -0.2) is 0 Å². The van der Waals surface area contributed by atoms with Crippen LogP contribution in [0.15, 0.2) is 18.2 Å². The molecule has 0 unspecified atom stereocenters. The highest BCUT2D eigenvalue weighted by atomic mass is 35.5. The van der Waals surface area contributed by atoms with Crippen molar-refractivity contribution in [3.05, 3.63) is 28.2 Å². The molecule has 110 valence electrons. The van der Waals surface area contributed by atoms with Crippen molar-refractivity contribution in [2.45, 2.75) is 32.7 Å². The van der Waals surface area contributed by atoms with E-state index in [1.165, 1.54) is 17.7 Å². The minimum absolute atomic E-state index is 0.0236. The summed E-state index contributed by atoms with van der Waals surface area (Å²) < 4.78 is 0. The number of rotatable bonds is 3. The summed E-state index contributed by atoms with van der Waals surface area (Å²) in [5.41, 5.74) is 0.512. The maximum atomic E-state index is 12.3. The fraction of sp³-hybridized carbons (Fsp3) is 0.533. The zero-order valence-electron chi connectivity index (χ0n) is 11.9. The minimum atomic E-state index is -0.0881. The van der Waals surface area contributed by atoms with Gasteiger partial charge < -0.3 is 10.2 Å². The maximum Gasteiger partial charge on any atom is 0.282 e. The van der Waals surface area contributed by atoms with Crippen LogP contribution in [0.5, 0.6) is 0 Å². The molecule has 5 heteroatoms. The monoisotopic (exact) mass is 315 g/mol. The van der Waals surface area contributed by atoms with E-state index in [2.05, 4.69) is 12.2 Å². The summed E-state index contributed by atoms with van der Waals surface area (Å²) in [4.78, 5) is 13.7. The molecule has 20 heavy (non-hydrogen) atoms. The number of hydrogen-bond donors (Lipinski definition) is 2. The number of carbonyl (C=O) groups excluding carboxylic acids is 1. The minimum Gasteiger partial charge on any atom is -0.325 e. The Morgan fingerprint density at radius 2 is 1.85 bits per heavy atom. The Balaban J connectivity index is 2.01. The molecule has 0 radical (unpaired) electrons. The zero-order valence-corrected chi connectivity index (χ0v) is 13.4. The van der Waals surface area contributed by atoms with Crippen LogP contribution < -0.4 is 10.2 Å². The average Bonchev–Trinajstić information content (AvgIpc) is 2.43. The van der Waals surface area contributed by atoms with Gasteiger partial charge >= 0.3 is 0 Å². The van der Waals surface area contributed by atoms with Crippen LogP contribution in [0, 0.1) is 5.92 Å². The lowest BCUT2D eigenvalue weighted by molar-refractivity contribution is -0.919. The normalized spacial score (nSPS) is 24.2. The van der Waals surface area contributed by atoms with E-state index >= 15 is 0 Å². The summed E-state index contributed by atoms with van der Waals surface area (Å²) in [5.74, 6) is 0.747. The van der Waals surface area contributed by atoms with Crippen molar-refractivity contribution in [1.82, 2.24) is 0 Å². The van der Waals surface area contributed by atoms with Crippen LogP contribution in [-0.2, 0) is 4.79 Å². The summed E-state index contributed by atoms with van der Waals surface area (Å²) in [6.45, 7) is 6.33. The summed E-state index contributed by atoms with van der Waals surface area (Å²) >= 11 is 12.2. The molecule has 2 rings (SSSR count). The van der Waals surface area contributed by atoms with E-state index < -0.39 is 0 Å². The Kier molecular flexibility index (Phi) is 5.30. The van der Waals surface area contributed by atoms with E-state index in [-0.39, 0.29) is 11.9 Å². The molecule has 1 aromatic rings. The average molecular weight is 316 g/mol. The highest BCUT2D eigenvalue weighted by Crippen LogP contribution is 2.29. The van der Waals surface area contributed by atoms with Gasteiger partial charge in [-0.15, -0.1) is 0 Å². The van der Waals surface area contributed by atoms with E-state index in [1.807, 2.05) is 6.92 Å². The molecule has 0 bridgehead atoms. The quantitative estimate of drug-likeness (QED) is 0.883. The van der Waals surface area contributed by atoms with Crippen molar-refractivity contribution < 1.29 is 9.69 Å². The second-order valence-corrected chi connectivity index (χ2v) is 6.46. The number of carbonyl (C=O) groups is 1. The van der Waals surface area contributed by atoms with Crippen molar-refractivity contribution in [3.63, 3.8) is 0 Å². The molecule has 0 aromatic heterocycles. The van der Waals surface area contributed by atoms with E-state index in [1.54, 1.807) is 18.2 Å². The molecule has 0 spiro atoms. The van der Waals surface area contributed by atoms with Crippen LogP contribution in [0.3, 0.4) is 0 Å². The second-order valence-electron chi connectivity index (χ2n) is 5.65. The van der Waals surface area contributed by atoms with Crippen LogP contribution in [0.4, 0.5) is 5.69 Å². The number of piperidine rings is 1. The van der Waals surface area contributed by atoms with Crippen LogP contribution in [0.1, 0.15) is 26.7 Å². The lowest BCUT2D eigenvalue weighted by atomic mass is 9.98. The molecule has 1 amide bonds. The molecule has 0 aliphatic carbocycles. The largest absolute Gasteiger partial charge is 0.325 e. The van der Waals surface area contributed by atoms with Gasteiger partial charge in [0.15, 0.2) is 6.04 Å². The Morgan fingerprint density at radius 3 is 2.40 bits per heavy atom. The first-order valence-electron chi connectivity index (χ1n) is 7.08. The summed E-state index contributed by atoms with van der Waals surface area (Å²) in [5, 5.41) is 3.81. The number of halogens is 2. The highest BCUT2D eigenvalue weighted by Gasteiger charge is 2.29. The number of anilines is 1. The third kappa shape index (κ3) is 3.66. The van der Waals surface area contributed by atoms with Crippen molar-refractivity contribution in [2.24, 2.45) is 5.92 Å². The number of nitrogens with one attached hydrogen (secondary N) is 2. The molecular formula is C15H21Cl2N2O+. The fourth-order valence-corrected chi connectivity index (χ4v) is 3.09. The van der Waals surface area contributed by atoms with Gasteiger partial charge in [0, 0.05) is 0 Å². The van der Waals surface area contributed by atoms with Gasteiger partial charge in [0.1, 0.15) is 0 Å². The fourth-order valence-electron chi connectivity index (χ4n) is 2.60. The lowest BCUT2D eigenvalue weighted by Gasteiger charge is -2.31. The predicted molar refractivity (Wildman–Crippen MR) is 83.6 cm³/mol. The standard InChI is InChI=1S/C15H20Cl2N2O/c1-10-6-8-19(9-7-10)11(2)15(20)18-14-12(16)4-3-5-13(14)17/h3-5,10-11H,6-9H2,1-2H3,(H,18,20)/p+1/t11-/m0/s1. The van der Waals surface area contributed by atoms with Crippen molar-refractivity contribution in [3.8, 4) is 0 Å². The molecule has 2 N–H and O–H groups in total. The SMILES string of the molecule is CC1CC[NH+]([C@@H](C)C(=O)Nc2c(Cl)cccc2Cl)CC1. The van der Waals surface area contributed by atoms with E-state index in [4.69, 9.17) is 23.2 Å². The third-order valence-corrected chi connectivity index (χ3v) is 4.76. The Labute approximate surface area is 130 Å². The number of quaternary nitrogens is 1. The smallest absolute Gasteiger partial charge is 0.282 e. The van der Waals surface area contributed by atoms with E-state index in [0.717, 1.165) is 19.0 Å². The third-order valence-electron chi connectivity index (χ3n) is 4.13. The molecule has 0 saturated carbocycles. The second kappa shape index (κ2) is 6.79. The van der Waals surface area contributed by atoms with Gasteiger partial charge in [0.05, 0.1) is 28.8 Å². The summed E-state index contributed by atoms with van der Waals surface area (Å²) in [6.07, 6.45) is 2.36. The van der Waals surface area contributed by atoms with Gasteiger partial charge in [0.25, 0.3) is 5.91 Å². The van der Waals surface area contributed by atoms with Gasteiger partial charge in [-0.05, 0) is 37.8 Å². The van der Waals surface area contributed by atoms with Gasteiger partial charge in [-0.2, -0.15) is 0 Å². The zero-order chi connectivity index (χ0) is 14.7. The van der Waals surface area contributed by atoms with Crippen molar-refractivity contribution in [1.29, 1.82) is 0 Å².